The van der Waals surface area contributed by atoms with Crippen molar-refractivity contribution < 1.29 is 9.53 Å². The summed E-state index contributed by atoms with van der Waals surface area (Å²) in [6, 6.07) is 11.6. The predicted octanol–water partition coefficient (Wildman–Crippen LogP) is 3.25. The number of ether oxygens (including phenoxy) is 1. The summed E-state index contributed by atoms with van der Waals surface area (Å²) >= 11 is 0. The number of fused-ring (bicyclic) bond motifs is 2. The SMILES string of the molecule is CNc1cc(-c2nc3ncccn3c2-c2ccc3c(c2)N(C(C)=O)CCO3)ccn1. The van der Waals surface area contributed by atoms with Gasteiger partial charge in [0, 0.05) is 43.7 Å². The average Bonchev–Trinajstić information content (AvgIpc) is 3.18. The second kappa shape index (κ2) is 7.14. The van der Waals surface area contributed by atoms with Gasteiger partial charge in [-0.2, -0.15) is 0 Å². The van der Waals surface area contributed by atoms with E-state index in [-0.39, 0.29) is 5.91 Å². The molecule has 0 radical (unpaired) electrons. The monoisotopic (exact) mass is 400 g/mol. The van der Waals surface area contributed by atoms with Gasteiger partial charge < -0.3 is 15.0 Å². The van der Waals surface area contributed by atoms with Crippen molar-refractivity contribution in [2.75, 3.05) is 30.4 Å². The maximum absolute atomic E-state index is 12.2. The Morgan fingerprint density at radius 2 is 2.03 bits per heavy atom. The van der Waals surface area contributed by atoms with Crippen LogP contribution >= 0.6 is 0 Å². The number of carbonyl (C=O) groups excluding carboxylic acids is 1. The van der Waals surface area contributed by atoms with Crippen molar-refractivity contribution in [2.24, 2.45) is 0 Å². The first-order valence-electron chi connectivity index (χ1n) is 9.68. The number of hydrogen-bond acceptors (Lipinski definition) is 6. The molecule has 3 aromatic heterocycles. The normalized spacial score (nSPS) is 13.1. The van der Waals surface area contributed by atoms with Gasteiger partial charge in [-0.25, -0.2) is 15.0 Å². The second-order valence-corrected chi connectivity index (χ2v) is 6.98. The Hall–Kier alpha value is -3.94. The van der Waals surface area contributed by atoms with E-state index in [2.05, 4.69) is 15.3 Å². The molecule has 1 N–H and O–H groups in total. The summed E-state index contributed by atoms with van der Waals surface area (Å²) in [5.41, 5.74) is 4.29. The van der Waals surface area contributed by atoms with Gasteiger partial charge in [0.05, 0.1) is 23.6 Å². The number of benzene rings is 1. The first-order chi connectivity index (χ1) is 14.7. The first-order valence-corrected chi connectivity index (χ1v) is 9.68. The molecule has 5 rings (SSSR count). The number of nitrogens with one attached hydrogen (secondary N) is 1. The fraction of sp³-hybridized carbons (Fsp3) is 0.182. The van der Waals surface area contributed by atoms with Crippen molar-refractivity contribution in [3.63, 3.8) is 0 Å². The second-order valence-electron chi connectivity index (χ2n) is 6.98. The minimum atomic E-state index is -0.00970. The fourth-order valence-corrected chi connectivity index (χ4v) is 3.77. The molecular formula is C22H20N6O2. The summed E-state index contributed by atoms with van der Waals surface area (Å²) in [6.45, 7) is 2.59. The molecule has 0 unspecified atom stereocenters. The van der Waals surface area contributed by atoms with E-state index >= 15 is 0 Å². The number of hydrogen-bond donors (Lipinski definition) is 1. The Bertz CT molecular complexity index is 1270. The smallest absolute Gasteiger partial charge is 0.234 e. The van der Waals surface area contributed by atoms with Crippen LogP contribution in [0.2, 0.25) is 0 Å². The largest absolute Gasteiger partial charge is 0.490 e. The van der Waals surface area contributed by atoms with Gasteiger partial charge in [-0.05, 0) is 36.4 Å². The summed E-state index contributed by atoms with van der Waals surface area (Å²) in [6.07, 6.45) is 5.41. The van der Waals surface area contributed by atoms with Gasteiger partial charge in [0.25, 0.3) is 0 Å². The van der Waals surface area contributed by atoms with Gasteiger partial charge in [-0.1, -0.05) is 0 Å². The molecule has 150 valence electrons. The third kappa shape index (κ3) is 2.93. The maximum Gasteiger partial charge on any atom is 0.234 e. The van der Waals surface area contributed by atoms with Gasteiger partial charge in [-0.3, -0.25) is 9.20 Å². The molecule has 8 nitrogen and oxygen atoms in total. The summed E-state index contributed by atoms with van der Waals surface area (Å²) in [5, 5.41) is 3.07. The van der Waals surface area contributed by atoms with Crippen molar-refractivity contribution in [3.05, 3.63) is 55.0 Å². The number of rotatable bonds is 3. The van der Waals surface area contributed by atoms with Crippen LogP contribution in [-0.2, 0) is 4.79 Å². The summed E-state index contributed by atoms with van der Waals surface area (Å²) in [5.74, 6) is 2.05. The van der Waals surface area contributed by atoms with Crippen LogP contribution in [0.5, 0.6) is 5.75 Å². The number of aromatic nitrogens is 4. The Morgan fingerprint density at radius 1 is 1.13 bits per heavy atom. The van der Waals surface area contributed by atoms with E-state index in [0.717, 1.165) is 34.0 Å². The zero-order valence-electron chi connectivity index (χ0n) is 16.7. The highest BCUT2D eigenvalue weighted by Crippen LogP contribution is 2.39. The minimum Gasteiger partial charge on any atom is -0.490 e. The summed E-state index contributed by atoms with van der Waals surface area (Å²) in [4.78, 5) is 27.4. The van der Waals surface area contributed by atoms with E-state index < -0.39 is 0 Å². The van der Waals surface area contributed by atoms with Crippen molar-refractivity contribution in [3.8, 4) is 28.3 Å². The molecule has 0 spiro atoms. The molecule has 0 saturated carbocycles. The van der Waals surface area contributed by atoms with Crippen molar-refractivity contribution in [2.45, 2.75) is 6.92 Å². The highest BCUT2D eigenvalue weighted by atomic mass is 16.5. The van der Waals surface area contributed by atoms with Gasteiger partial charge in [0.15, 0.2) is 0 Å². The lowest BCUT2D eigenvalue weighted by atomic mass is 10.0. The molecule has 1 aliphatic heterocycles. The number of carbonyl (C=O) groups is 1. The number of anilines is 2. The van der Waals surface area contributed by atoms with Crippen LogP contribution in [0.25, 0.3) is 28.3 Å². The average molecular weight is 400 g/mol. The fourth-order valence-electron chi connectivity index (χ4n) is 3.77. The molecule has 0 atom stereocenters. The lowest BCUT2D eigenvalue weighted by molar-refractivity contribution is -0.116. The third-order valence-electron chi connectivity index (χ3n) is 5.17. The molecule has 1 amide bonds. The summed E-state index contributed by atoms with van der Waals surface area (Å²) in [7, 11) is 1.83. The quantitative estimate of drug-likeness (QED) is 0.568. The molecule has 4 aromatic rings. The molecule has 0 saturated heterocycles. The molecule has 1 aromatic carbocycles. The standard InChI is InChI=1S/C22H20N6O2/c1-14(29)27-10-11-30-18-5-4-16(12-17(18)27)21-20(15-6-8-24-19(13-15)23-2)26-22-25-7-3-9-28(21)22/h3-9,12-13H,10-11H2,1-2H3,(H,23,24). The van der Waals surface area contributed by atoms with Crippen molar-refractivity contribution >= 4 is 23.2 Å². The van der Waals surface area contributed by atoms with E-state index in [1.807, 2.05) is 54.0 Å². The third-order valence-corrected chi connectivity index (χ3v) is 5.17. The zero-order chi connectivity index (χ0) is 20.7. The lowest BCUT2D eigenvalue weighted by Crippen LogP contribution is -2.36. The molecule has 0 aliphatic carbocycles. The lowest BCUT2D eigenvalue weighted by Gasteiger charge is -2.29. The van der Waals surface area contributed by atoms with Crippen LogP contribution in [0, 0.1) is 0 Å². The van der Waals surface area contributed by atoms with Gasteiger partial charge in [0.2, 0.25) is 11.7 Å². The van der Waals surface area contributed by atoms with Crippen LogP contribution < -0.4 is 15.0 Å². The zero-order valence-corrected chi connectivity index (χ0v) is 16.7. The molecule has 30 heavy (non-hydrogen) atoms. The molecule has 4 heterocycles. The Kier molecular flexibility index (Phi) is 4.31. The van der Waals surface area contributed by atoms with Gasteiger partial charge in [0.1, 0.15) is 18.2 Å². The Balaban J connectivity index is 1.75. The van der Waals surface area contributed by atoms with Crippen molar-refractivity contribution in [1.29, 1.82) is 0 Å². The van der Waals surface area contributed by atoms with E-state index in [1.165, 1.54) is 0 Å². The number of pyridine rings is 1. The Labute approximate surface area is 173 Å². The molecule has 1 aliphatic rings. The summed E-state index contributed by atoms with van der Waals surface area (Å²) < 4.78 is 7.72. The maximum atomic E-state index is 12.2. The molecular weight excluding hydrogens is 380 g/mol. The number of nitrogens with zero attached hydrogens (tertiary/aromatic N) is 5. The van der Waals surface area contributed by atoms with E-state index in [4.69, 9.17) is 9.72 Å². The highest BCUT2D eigenvalue weighted by Gasteiger charge is 2.24. The number of imidazole rings is 1. The molecule has 8 heteroatoms. The minimum absolute atomic E-state index is 0.00970. The van der Waals surface area contributed by atoms with Crippen LogP contribution in [0.3, 0.4) is 0 Å². The van der Waals surface area contributed by atoms with Gasteiger partial charge in [-0.15, -0.1) is 0 Å². The van der Waals surface area contributed by atoms with E-state index in [0.29, 0.717) is 24.7 Å². The van der Waals surface area contributed by atoms with E-state index in [9.17, 15) is 4.79 Å². The Morgan fingerprint density at radius 3 is 2.87 bits per heavy atom. The predicted molar refractivity (Wildman–Crippen MR) is 115 cm³/mol. The molecule has 0 fully saturated rings. The van der Waals surface area contributed by atoms with Crippen LogP contribution in [-0.4, -0.2) is 45.5 Å². The van der Waals surface area contributed by atoms with Crippen LogP contribution in [0.4, 0.5) is 11.5 Å². The highest BCUT2D eigenvalue weighted by molar-refractivity contribution is 5.95. The van der Waals surface area contributed by atoms with Crippen molar-refractivity contribution in [1.82, 2.24) is 19.4 Å². The molecule has 0 bridgehead atoms. The van der Waals surface area contributed by atoms with Gasteiger partial charge >= 0.3 is 0 Å². The topological polar surface area (TPSA) is 84.7 Å². The van der Waals surface area contributed by atoms with E-state index in [1.54, 1.807) is 24.2 Å². The number of amides is 1. The first kappa shape index (κ1) is 18.1. The van der Waals surface area contributed by atoms with Crippen LogP contribution in [0.1, 0.15) is 6.92 Å². The van der Waals surface area contributed by atoms with Crippen LogP contribution in [0.15, 0.2) is 55.0 Å².